The minimum absolute atomic E-state index is 0.00883. The monoisotopic (exact) mass is 413 g/mol. The van der Waals surface area contributed by atoms with E-state index in [1.54, 1.807) is 13.8 Å². The fourth-order valence-corrected chi connectivity index (χ4v) is 3.31. The van der Waals surface area contributed by atoms with E-state index >= 15 is 0 Å². The van der Waals surface area contributed by atoms with E-state index in [2.05, 4.69) is 17.4 Å². The molecule has 162 valence electrons. The van der Waals surface area contributed by atoms with Crippen LogP contribution in [0.3, 0.4) is 0 Å². The van der Waals surface area contributed by atoms with Gasteiger partial charge < -0.3 is 20.3 Å². The van der Waals surface area contributed by atoms with E-state index in [4.69, 9.17) is 14.9 Å². The molecule has 0 aliphatic carbocycles. The normalized spacial score (nSPS) is 13.0. The Morgan fingerprint density at radius 1 is 1.00 bits per heavy atom. The molecule has 2 aromatic rings. The van der Waals surface area contributed by atoms with Crippen molar-refractivity contribution >= 4 is 11.9 Å². The molecule has 0 radical (unpaired) electrons. The van der Waals surface area contributed by atoms with Gasteiger partial charge in [0, 0.05) is 18.9 Å². The van der Waals surface area contributed by atoms with Gasteiger partial charge in [-0.2, -0.15) is 0 Å². The fourth-order valence-electron chi connectivity index (χ4n) is 3.31. The quantitative estimate of drug-likeness (QED) is 0.389. The molecular formula is C24H31NO5. The number of ether oxygens (including phenoxy) is 1. The van der Waals surface area contributed by atoms with Crippen LogP contribution in [0.15, 0.2) is 54.6 Å². The fraction of sp³-hybridized carbons (Fsp3) is 0.417. The van der Waals surface area contributed by atoms with Crippen molar-refractivity contribution in [3.8, 4) is 11.1 Å². The first-order valence-corrected chi connectivity index (χ1v) is 10.4. The molecule has 30 heavy (non-hydrogen) atoms. The van der Waals surface area contributed by atoms with E-state index in [1.807, 2.05) is 42.5 Å². The largest absolute Gasteiger partial charge is 0.466 e. The van der Waals surface area contributed by atoms with Crippen LogP contribution in [0.25, 0.3) is 11.1 Å². The second kappa shape index (κ2) is 12.1. The summed E-state index contributed by atoms with van der Waals surface area (Å²) in [6.07, 6.45) is -0.538. The van der Waals surface area contributed by atoms with E-state index < -0.39 is 6.29 Å². The first-order chi connectivity index (χ1) is 14.4. The molecule has 1 unspecified atom stereocenters. The molecule has 6 heteroatoms. The highest BCUT2D eigenvalue weighted by Crippen LogP contribution is 2.21. The summed E-state index contributed by atoms with van der Waals surface area (Å²) < 4.78 is 5.09. The first-order valence-electron chi connectivity index (χ1n) is 10.4. The third-order valence-corrected chi connectivity index (χ3v) is 4.86. The van der Waals surface area contributed by atoms with Crippen LogP contribution >= 0.6 is 0 Å². The maximum Gasteiger partial charge on any atom is 0.308 e. The van der Waals surface area contributed by atoms with E-state index in [0.717, 1.165) is 16.7 Å². The van der Waals surface area contributed by atoms with Crippen LogP contribution in [0.4, 0.5) is 0 Å². The van der Waals surface area contributed by atoms with Gasteiger partial charge in [-0.05, 0) is 36.5 Å². The summed E-state index contributed by atoms with van der Waals surface area (Å²) >= 11 is 0. The molecule has 0 aliphatic heterocycles. The molecule has 1 amide bonds. The number of carbonyl (C=O) groups is 2. The van der Waals surface area contributed by atoms with Crippen LogP contribution in [0.5, 0.6) is 0 Å². The van der Waals surface area contributed by atoms with Crippen LogP contribution in [0, 0.1) is 5.92 Å². The van der Waals surface area contributed by atoms with Crippen molar-refractivity contribution in [2.45, 2.75) is 51.9 Å². The summed E-state index contributed by atoms with van der Waals surface area (Å²) in [5, 5.41) is 20.9. The Labute approximate surface area is 177 Å². The molecule has 3 N–H and O–H groups in total. The van der Waals surface area contributed by atoms with Crippen LogP contribution in [-0.4, -0.2) is 41.0 Å². The number of esters is 1. The second-order valence-corrected chi connectivity index (χ2v) is 7.44. The standard InChI is InChI=1S/C24H31NO5/c1-3-30-24(29)17(2)15-21(25-22(26)13-14-23(27)28)16-18-9-11-20(12-10-18)19-7-5-4-6-8-19/h4-12,17,21,23,27-28H,3,13-16H2,1-2H3,(H,25,26)/t17-,21?/m1/s1. The van der Waals surface area contributed by atoms with Crippen LogP contribution in [0.2, 0.25) is 0 Å². The average Bonchev–Trinajstić information content (AvgIpc) is 2.73. The molecule has 0 fully saturated rings. The van der Waals surface area contributed by atoms with Crippen molar-refractivity contribution < 1.29 is 24.5 Å². The number of aliphatic hydroxyl groups excluding tert-OH is 1. The molecule has 0 heterocycles. The number of hydrogen-bond acceptors (Lipinski definition) is 5. The summed E-state index contributed by atoms with van der Waals surface area (Å²) in [4.78, 5) is 24.2. The van der Waals surface area contributed by atoms with Crippen molar-refractivity contribution in [1.82, 2.24) is 5.32 Å². The highest BCUT2D eigenvalue weighted by molar-refractivity contribution is 5.76. The summed E-state index contributed by atoms with van der Waals surface area (Å²) in [6, 6.07) is 17.9. The number of benzene rings is 2. The Kier molecular flexibility index (Phi) is 9.51. The number of rotatable bonds is 11. The molecule has 0 bridgehead atoms. The number of nitrogens with one attached hydrogen (secondary N) is 1. The molecule has 0 saturated heterocycles. The second-order valence-electron chi connectivity index (χ2n) is 7.44. The molecule has 0 aliphatic rings. The minimum atomic E-state index is -1.52. The van der Waals surface area contributed by atoms with E-state index in [1.165, 1.54) is 0 Å². The van der Waals surface area contributed by atoms with Crippen molar-refractivity contribution in [1.29, 1.82) is 0 Å². The number of carbonyl (C=O) groups excluding carboxylic acids is 2. The maximum atomic E-state index is 12.2. The zero-order chi connectivity index (χ0) is 21.9. The maximum absolute atomic E-state index is 12.2. The predicted molar refractivity (Wildman–Crippen MR) is 115 cm³/mol. The van der Waals surface area contributed by atoms with Gasteiger partial charge in [0.1, 0.15) is 0 Å². The van der Waals surface area contributed by atoms with Gasteiger partial charge in [-0.15, -0.1) is 0 Å². The van der Waals surface area contributed by atoms with Crippen LogP contribution < -0.4 is 5.32 Å². The van der Waals surface area contributed by atoms with Gasteiger partial charge in [0.2, 0.25) is 5.91 Å². The summed E-state index contributed by atoms with van der Waals surface area (Å²) in [6.45, 7) is 3.86. The van der Waals surface area contributed by atoms with Crippen molar-refractivity contribution in [3.63, 3.8) is 0 Å². The van der Waals surface area contributed by atoms with Crippen molar-refractivity contribution in [2.24, 2.45) is 5.92 Å². The zero-order valence-corrected chi connectivity index (χ0v) is 17.6. The number of hydrogen-bond donors (Lipinski definition) is 3. The Hall–Kier alpha value is -2.70. The molecule has 2 rings (SSSR count). The summed E-state index contributed by atoms with van der Waals surface area (Å²) in [5.74, 6) is -0.922. The first kappa shape index (κ1) is 23.6. The topological polar surface area (TPSA) is 95.9 Å². The molecule has 2 aromatic carbocycles. The van der Waals surface area contributed by atoms with E-state index in [0.29, 0.717) is 19.4 Å². The molecule has 6 nitrogen and oxygen atoms in total. The van der Waals surface area contributed by atoms with Gasteiger partial charge in [-0.25, -0.2) is 0 Å². The number of aliphatic hydroxyl groups is 2. The Balaban J connectivity index is 2.07. The minimum Gasteiger partial charge on any atom is -0.466 e. The molecule has 0 saturated carbocycles. The van der Waals surface area contributed by atoms with E-state index in [-0.39, 0.29) is 36.7 Å². The highest BCUT2D eigenvalue weighted by atomic mass is 16.5. The summed E-state index contributed by atoms with van der Waals surface area (Å²) in [5.41, 5.74) is 3.28. The van der Waals surface area contributed by atoms with Crippen LogP contribution in [0.1, 0.15) is 38.7 Å². The van der Waals surface area contributed by atoms with Gasteiger partial charge in [-0.1, -0.05) is 61.5 Å². The molecule has 0 aromatic heterocycles. The third-order valence-electron chi connectivity index (χ3n) is 4.86. The average molecular weight is 414 g/mol. The lowest BCUT2D eigenvalue weighted by Crippen LogP contribution is -2.39. The zero-order valence-electron chi connectivity index (χ0n) is 17.6. The smallest absolute Gasteiger partial charge is 0.308 e. The lowest BCUT2D eigenvalue weighted by molar-refractivity contribution is -0.148. The summed E-state index contributed by atoms with van der Waals surface area (Å²) in [7, 11) is 0. The lowest BCUT2D eigenvalue weighted by atomic mass is 9.94. The Morgan fingerprint density at radius 2 is 1.63 bits per heavy atom. The molecular weight excluding hydrogens is 382 g/mol. The predicted octanol–water partition coefficient (Wildman–Crippen LogP) is 3.06. The van der Waals surface area contributed by atoms with Gasteiger partial charge in [0.25, 0.3) is 0 Å². The molecule has 2 atom stereocenters. The molecule has 0 spiro atoms. The van der Waals surface area contributed by atoms with Crippen molar-refractivity contribution in [2.75, 3.05) is 6.61 Å². The Morgan fingerprint density at radius 3 is 2.23 bits per heavy atom. The number of amides is 1. The highest BCUT2D eigenvalue weighted by Gasteiger charge is 2.22. The Bertz CT molecular complexity index is 789. The van der Waals surface area contributed by atoms with Gasteiger partial charge in [-0.3, -0.25) is 9.59 Å². The third kappa shape index (κ3) is 7.97. The van der Waals surface area contributed by atoms with Gasteiger partial charge in [0.15, 0.2) is 6.29 Å². The lowest BCUT2D eigenvalue weighted by Gasteiger charge is -2.22. The van der Waals surface area contributed by atoms with E-state index in [9.17, 15) is 9.59 Å². The SMILES string of the molecule is CCOC(=O)[C@H](C)CC(Cc1ccc(-c2ccccc2)cc1)NC(=O)CCC(O)O. The van der Waals surface area contributed by atoms with Gasteiger partial charge in [0.05, 0.1) is 12.5 Å². The van der Waals surface area contributed by atoms with Crippen LogP contribution in [-0.2, 0) is 20.7 Å². The van der Waals surface area contributed by atoms with Crippen molar-refractivity contribution in [3.05, 3.63) is 60.2 Å². The van der Waals surface area contributed by atoms with Gasteiger partial charge >= 0.3 is 5.97 Å².